The van der Waals surface area contributed by atoms with E-state index in [9.17, 15) is 9.50 Å². The van der Waals surface area contributed by atoms with Crippen molar-refractivity contribution in [1.82, 2.24) is 19.9 Å². The van der Waals surface area contributed by atoms with Gasteiger partial charge in [0.2, 0.25) is 5.88 Å². The van der Waals surface area contributed by atoms with Crippen LogP contribution in [-0.4, -0.2) is 75.6 Å². The van der Waals surface area contributed by atoms with Crippen molar-refractivity contribution in [2.75, 3.05) is 38.3 Å². The quantitative estimate of drug-likeness (QED) is 0.255. The molecular formula is C35H38F3N5O3. The molecule has 0 unspecified atom stereocenters. The van der Waals surface area contributed by atoms with E-state index in [0.717, 1.165) is 51.5 Å². The lowest BCUT2D eigenvalue weighted by atomic mass is 9.90. The summed E-state index contributed by atoms with van der Waals surface area (Å²) < 4.78 is 59.3. The number of pyridine rings is 1. The van der Waals surface area contributed by atoms with E-state index in [1.807, 2.05) is 14.0 Å². The van der Waals surface area contributed by atoms with Crippen LogP contribution in [0.3, 0.4) is 0 Å². The maximum Gasteiger partial charge on any atom is 0.319 e. The standard InChI is InChI=1S/C35H38F3N5O3/c1-3-23-25(37)8-7-20-15-22(44)16-24(26(20)23)29-28(38)30-27-31(42(2)34(9-4-5-10-34)12-14-45-32(27)39-29)41-33(40-30)46-19-35-11-6-13-43(35)18-21(36)17-35/h7-8,15-16,21,44H,3-6,9-14,17-19H2,1-2H3/t21-,35+/m1/s1. The second-order valence-electron chi connectivity index (χ2n) is 13.6. The molecule has 1 saturated carbocycles. The minimum Gasteiger partial charge on any atom is -0.508 e. The number of ether oxygens (including phenoxy) is 2. The molecule has 1 aliphatic carbocycles. The summed E-state index contributed by atoms with van der Waals surface area (Å²) in [7, 11) is 1.99. The molecule has 3 aliphatic heterocycles. The average molecular weight is 634 g/mol. The van der Waals surface area contributed by atoms with Crippen molar-refractivity contribution in [2.45, 2.75) is 82.0 Å². The molecule has 1 spiro atoms. The van der Waals surface area contributed by atoms with Gasteiger partial charge in [0, 0.05) is 37.5 Å². The first kappa shape index (κ1) is 29.5. The Morgan fingerprint density at radius 3 is 2.67 bits per heavy atom. The molecule has 242 valence electrons. The molecule has 4 aliphatic rings. The van der Waals surface area contributed by atoms with Gasteiger partial charge in [0.25, 0.3) is 0 Å². The summed E-state index contributed by atoms with van der Waals surface area (Å²) in [4.78, 5) is 18.5. The van der Waals surface area contributed by atoms with E-state index in [2.05, 4.69) is 14.8 Å². The van der Waals surface area contributed by atoms with E-state index in [1.165, 1.54) is 18.2 Å². The van der Waals surface area contributed by atoms with Gasteiger partial charge in [0.15, 0.2) is 5.82 Å². The number of rotatable bonds is 5. The SMILES string of the molecule is CCc1c(F)ccc2cc(O)cc(-c3nc4c5c(nc(OC[C@@]67CCCN6C[C@H](F)C7)nc5c3F)N(C)C3(CCCC3)CCO4)c12. The maximum absolute atomic E-state index is 17.1. The second kappa shape index (κ2) is 10.9. The molecule has 2 aromatic heterocycles. The fourth-order valence-electron chi connectivity index (χ4n) is 8.72. The highest BCUT2D eigenvalue weighted by atomic mass is 19.1. The lowest BCUT2D eigenvalue weighted by Gasteiger charge is -2.41. The molecule has 8 nitrogen and oxygen atoms in total. The maximum atomic E-state index is 17.1. The zero-order valence-electron chi connectivity index (χ0n) is 26.2. The molecule has 5 heterocycles. The Morgan fingerprint density at radius 2 is 1.87 bits per heavy atom. The van der Waals surface area contributed by atoms with Crippen LogP contribution >= 0.6 is 0 Å². The number of nitrogens with zero attached hydrogens (tertiary/aromatic N) is 5. The Kier molecular flexibility index (Phi) is 6.97. The predicted molar refractivity (Wildman–Crippen MR) is 169 cm³/mol. The summed E-state index contributed by atoms with van der Waals surface area (Å²) in [5.41, 5.74) is -0.127. The highest BCUT2D eigenvalue weighted by Crippen LogP contribution is 2.47. The number of fused-ring (bicyclic) bond motifs is 2. The molecule has 3 fully saturated rings. The molecule has 0 bridgehead atoms. The first-order valence-corrected chi connectivity index (χ1v) is 16.5. The number of alkyl halides is 1. The third-order valence-corrected chi connectivity index (χ3v) is 11.1. The lowest BCUT2D eigenvalue weighted by molar-refractivity contribution is 0.107. The van der Waals surface area contributed by atoms with E-state index >= 15 is 8.78 Å². The van der Waals surface area contributed by atoms with Gasteiger partial charge in [-0.05, 0) is 73.2 Å². The van der Waals surface area contributed by atoms with Gasteiger partial charge in [-0.3, -0.25) is 4.90 Å². The van der Waals surface area contributed by atoms with Crippen LogP contribution < -0.4 is 14.4 Å². The normalized spacial score (nSPS) is 24.0. The van der Waals surface area contributed by atoms with Gasteiger partial charge < -0.3 is 19.5 Å². The zero-order valence-corrected chi connectivity index (χ0v) is 26.2. The molecule has 2 atom stereocenters. The number of anilines is 1. The number of benzene rings is 2. The topological polar surface area (TPSA) is 83.8 Å². The summed E-state index contributed by atoms with van der Waals surface area (Å²) in [6.07, 6.45) is 6.40. The summed E-state index contributed by atoms with van der Waals surface area (Å²) in [5, 5.41) is 12.1. The summed E-state index contributed by atoms with van der Waals surface area (Å²) in [5.74, 6) is -0.602. The minimum atomic E-state index is -0.913. The highest BCUT2D eigenvalue weighted by Gasteiger charge is 2.49. The molecule has 8 rings (SSSR count). The number of phenolic OH excluding ortho intramolecular Hbond substituents is 1. The van der Waals surface area contributed by atoms with Gasteiger partial charge in [0.05, 0.1) is 12.1 Å². The molecule has 11 heteroatoms. The minimum absolute atomic E-state index is 0.00895. The van der Waals surface area contributed by atoms with Crippen LogP contribution in [0.2, 0.25) is 0 Å². The van der Waals surface area contributed by atoms with Crippen molar-refractivity contribution < 1.29 is 27.8 Å². The second-order valence-corrected chi connectivity index (χ2v) is 13.6. The Labute approximate surface area is 265 Å². The molecule has 2 saturated heterocycles. The third kappa shape index (κ3) is 4.48. The van der Waals surface area contributed by atoms with Gasteiger partial charge in [-0.2, -0.15) is 9.97 Å². The van der Waals surface area contributed by atoms with E-state index in [4.69, 9.17) is 19.4 Å². The monoisotopic (exact) mass is 633 g/mol. The first-order valence-electron chi connectivity index (χ1n) is 16.5. The molecule has 0 radical (unpaired) electrons. The highest BCUT2D eigenvalue weighted by molar-refractivity contribution is 6.03. The van der Waals surface area contributed by atoms with Crippen LogP contribution in [-0.2, 0) is 6.42 Å². The van der Waals surface area contributed by atoms with E-state index in [-0.39, 0.29) is 46.6 Å². The van der Waals surface area contributed by atoms with Gasteiger partial charge in [0.1, 0.15) is 46.8 Å². The van der Waals surface area contributed by atoms with Crippen molar-refractivity contribution >= 4 is 27.5 Å². The Morgan fingerprint density at radius 1 is 1.04 bits per heavy atom. The summed E-state index contributed by atoms with van der Waals surface area (Å²) >= 11 is 0. The average Bonchev–Trinajstić information content (AvgIpc) is 3.75. The van der Waals surface area contributed by atoms with Gasteiger partial charge >= 0.3 is 6.01 Å². The van der Waals surface area contributed by atoms with Crippen molar-refractivity contribution in [3.63, 3.8) is 0 Å². The van der Waals surface area contributed by atoms with Crippen molar-refractivity contribution in [2.24, 2.45) is 0 Å². The third-order valence-electron chi connectivity index (χ3n) is 11.1. The number of aryl methyl sites for hydroxylation is 1. The van der Waals surface area contributed by atoms with Crippen LogP contribution in [0, 0.1) is 11.6 Å². The first-order chi connectivity index (χ1) is 22.2. The fourth-order valence-corrected chi connectivity index (χ4v) is 8.72. The lowest BCUT2D eigenvalue weighted by Crippen LogP contribution is -2.47. The van der Waals surface area contributed by atoms with Crippen LogP contribution in [0.25, 0.3) is 32.9 Å². The molecule has 46 heavy (non-hydrogen) atoms. The fraction of sp³-hybridized carbons (Fsp3) is 0.514. The van der Waals surface area contributed by atoms with Crippen LogP contribution in [0.1, 0.15) is 63.9 Å². The number of aromatic hydroxyl groups is 1. The Hall–Kier alpha value is -3.86. The number of halogens is 3. The van der Waals surface area contributed by atoms with E-state index < -0.39 is 23.3 Å². The summed E-state index contributed by atoms with van der Waals surface area (Å²) in [6.45, 7) is 3.61. The van der Waals surface area contributed by atoms with Crippen molar-refractivity contribution in [3.8, 4) is 28.9 Å². The summed E-state index contributed by atoms with van der Waals surface area (Å²) in [6, 6.07) is 5.88. The van der Waals surface area contributed by atoms with Crippen LogP contribution in [0.5, 0.6) is 17.6 Å². The van der Waals surface area contributed by atoms with Crippen LogP contribution in [0.4, 0.5) is 19.0 Å². The van der Waals surface area contributed by atoms with E-state index in [1.54, 1.807) is 6.07 Å². The largest absolute Gasteiger partial charge is 0.508 e. The van der Waals surface area contributed by atoms with Gasteiger partial charge in [-0.25, -0.2) is 18.2 Å². The van der Waals surface area contributed by atoms with Gasteiger partial charge in [-0.15, -0.1) is 0 Å². The number of phenols is 1. The smallest absolute Gasteiger partial charge is 0.319 e. The molecule has 4 aromatic rings. The molecule has 1 N–H and O–H groups in total. The molecule has 0 amide bonds. The predicted octanol–water partition coefficient (Wildman–Crippen LogP) is 6.88. The van der Waals surface area contributed by atoms with Crippen LogP contribution in [0.15, 0.2) is 24.3 Å². The van der Waals surface area contributed by atoms with Crippen molar-refractivity contribution in [1.29, 1.82) is 0 Å². The number of aromatic nitrogens is 3. The van der Waals surface area contributed by atoms with Gasteiger partial charge in [-0.1, -0.05) is 25.8 Å². The number of hydrogen-bond acceptors (Lipinski definition) is 8. The number of hydrogen-bond donors (Lipinski definition) is 1. The Balaban J connectivity index is 1.34. The molecule has 2 aromatic carbocycles. The van der Waals surface area contributed by atoms with E-state index in [0.29, 0.717) is 53.5 Å². The molecular weight excluding hydrogens is 595 g/mol. The Bertz CT molecular complexity index is 1870. The van der Waals surface area contributed by atoms with Crippen molar-refractivity contribution in [3.05, 3.63) is 41.5 Å². The zero-order chi connectivity index (χ0) is 31.8.